The van der Waals surface area contributed by atoms with Crippen LogP contribution in [-0.2, 0) is 4.74 Å². The van der Waals surface area contributed by atoms with Gasteiger partial charge in [0.2, 0.25) is 0 Å². The third kappa shape index (κ3) is 5.36. The summed E-state index contributed by atoms with van der Waals surface area (Å²) in [5.41, 5.74) is 0. The van der Waals surface area contributed by atoms with Crippen LogP contribution in [0.15, 0.2) is 0 Å². The Balaban J connectivity index is 1.52. The number of rotatable bonds is 7. The number of hydrogen-bond acceptors (Lipinski definition) is 5. The predicted molar refractivity (Wildman–Crippen MR) is 76.4 cm³/mol. The lowest BCUT2D eigenvalue weighted by molar-refractivity contribution is 0.0148. The van der Waals surface area contributed by atoms with E-state index in [1.807, 2.05) is 0 Å². The molecular formula is C14H29N3O2. The van der Waals surface area contributed by atoms with Gasteiger partial charge in [-0.25, -0.2) is 0 Å². The van der Waals surface area contributed by atoms with E-state index in [0.717, 1.165) is 51.9 Å². The minimum atomic E-state index is -0.262. The van der Waals surface area contributed by atoms with Gasteiger partial charge in [0.25, 0.3) is 0 Å². The first kappa shape index (κ1) is 15.2. The van der Waals surface area contributed by atoms with Gasteiger partial charge in [-0.2, -0.15) is 0 Å². The summed E-state index contributed by atoms with van der Waals surface area (Å²) in [6.07, 6.45) is 1.03. The lowest BCUT2D eigenvalue weighted by Gasteiger charge is -2.28. The quantitative estimate of drug-likeness (QED) is 0.660. The summed E-state index contributed by atoms with van der Waals surface area (Å²) < 4.78 is 5.31. The topological polar surface area (TPSA) is 48.0 Å². The first-order valence-corrected chi connectivity index (χ1v) is 7.69. The van der Waals surface area contributed by atoms with Gasteiger partial charge in [0.15, 0.2) is 0 Å². The highest BCUT2D eigenvalue weighted by Crippen LogP contribution is 2.14. The normalized spacial score (nSPS) is 27.8. The van der Waals surface area contributed by atoms with E-state index in [1.165, 1.54) is 19.5 Å². The van der Waals surface area contributed by atoms with Crippen molar-refractivity contribution in [3.8, 4) is 0 Å². The average Bonchev–Trinajstić information content (AvgIpc) is 2.88. The van der Waals surface area contributed by atoms with Crippen LogP contribution in [0.3, 0.4) is 0 Å². The summed E-state index contributed by atoms with van der Waals surface area (Å²) in [7, 11) is 0. The smallest absolute Gasteiger partial charge is 0.0791 e. The summed E-state index contributed by atoms with van der Waals surface area (Å²) in [4.78, 5) is 4.78. The van der Waals surface area contributed by atoms with Gasteiger partial charge >= 0.3 is 0 Å². The zero-order chi connectivity index (χ0) is 13.5. The zero-order valence-electron chi connectivity index (χ0n) is 12.2. The number of morpholine rings is 1. The van der Waals surface area contributed by atoms with Crippen LogP contribution in [0.5, 0.6) is 0 Å². The zero-order valence-corrected chi connectivity index (χ0v) is 12.2. The van der Waals surface area contributed by atoms with Crippen molar-refractivity contribution in [2.45, 2.75) is 19.4 Å². The molecule has 0 spiro atoms. The first-order valence-electron chi connectivity index (χ1n) is 7.69. The van der Waals surface area contributed by atoms with Crippen molar-refractivity contribution in [1.29, 1.82) is 0 Å². The number of aliphatic hydroxyl groups excluding tert-OH is 1. The van der Waals surface area contributed by atoms with E-state index in [2.05, 4.69) is 22.0 Å². The summed E-state index contributed by atoms with van der Waals surface area (Å²) in [6.45, 7) is 11.8. The van der Waals surface area contributed by atoms with E-state index in [0.29, 0.717) is 6.54 Å². The van der Waals surface area contributed by atoms with Crippen molar-refractivity contribution in [2.75, 3.05) is 65.6 Å². The maximum atomic E-state index is 10.0. The van der Waals surface area contributed by atoms with Crippen molar-refractivity contribution in [3.63, 3.8) is 0 Å². The SMILES string of the molecule is CCN1CCC(CNCC(O)CN2CCOCC2)C1. The minimum Gasteiger partial charge on any atom is -0.390 e. The summed E-state index contributed by atoms with van der Waals surface area (Å²) in [6, 6.07) is 0. The molecule has 0 aliphatic carbocycles. The van der Waals surface area contributed by atoms with Gasteiger partial charge < -0.3 is 20.1 Å². The molecule has 0 amide bonds. The number of nitrogens with one attached hydrogen (secondary N) is 1. The van der Waals surface area contributed by atoms with Crippen molar-refractivity contribution in [1.82, 2.24) is 15.1 Å². The molecule has 2 N–H and O–H groups in total. The van der Waals surface area contributed by atoms with Crippen molar-refractivity contribution >= 4 is 0 Å². The van der Waals surface area contributed by atoms with Gasteiger partial charge in [-0.3, -0.25) is 4.90 Å². The molecule has 0 radical (unpaired) electrons. The second-order valence-corrected chi connectivity index (χ2v) is 5.77. The fourth-order valence-corrected chi connectivity index (χ4v) is 2.97. The minimum absolute atomic E-state index is 0.262. The molecule has 2 aliphatic heterocycles. The van der Waals surface area contributed by atoms with Gasteiger partial charge in [-0.1, -0.05) is 6.92 Å². The Bertz CT molecular complexity index is 247. The fraction of sp³-hybridized carbons (Fsp3) is 1.00. The molecule has 2 rings (SSSR count). The molecule has 0 saturated carbocycles. The van der Waals surface area contributed by atoms with Crippen LogP contribution >= 0.6 is 0 Å². The number of ether oxygens (including phenoxy) is 1. The molecule has 2 aliphatic rings. The molecule has 0 aromatic heterocycles. The third-order valence-electron chi connectivity index (χ3n) is 4.20. The van der Waals surface area contributed by atoms with Gasteiger partial charge in [-0.15, -0.1) is 0 Å². The lowest BCUT2D eigenvalue weighted by atomic mass is 10.1. The van der Waals surface area contributed by atoms with Gasteiger partial charge in [0.05, 0.1) is 19.3 Å². The van der Waals surface area contributed by atoms with Gasteiger partial charge in [-0.05, 0) is 32.0 Å². The van der Waals surface area contributed by atoms with Crippen LogP contribution in [0, 0.1) is 5.92 Å². The summed E-state index contributed by atoms with van der Waals surface area (Å²) in [5, 5.41) is 13.4. The standard InChI is InChI=1S/C14H29N3O2/c1-2-16-4-3-13(11-16)9-15-10-14(18)12-17-5-7-19-8-6-17/h13-15,18H,2-12H2,1H3. The van der Waals surface area contributed by atoms with Gasteiger partial charge in [0.1, 0.15) is 0 Å². The van der Waals surface area contributed by atoms with Crippen LogP contribution in [0.1, 0.15) is 13.3 Å². The van der Waals surface area contributed by atoms with Crippen molar-refractivity contribution < 1.29 is 9.84 Å². The molecule has 5 heteroatoms. The second-order valence-electron chi connectivity index (χ2n) is 5.77. The summed E-state index contributed by atoms with van der Waals surface area (Å²) >= 11 is 0. The fourth-order valence-electron chi connectivity index (χ4n) is 2.97. The largest absolute Gasteiger partial charge is 0.390 e. The van der Waals surface area contributed by atoms with Crippen LogP contribution < -0.4 is 5.32 Å². The highest BCUT2D eigenvalue weighted by Gasteiger charge is 2.21. The highest BCUT2D eigenvalue weighted by atomic mass is 16.5. The Hall–Kier alpha value is -0.200. The van der Waals surface area contributed by atoms with Crippen molar-refractivity contribution in [2.24, 2.45) is 5.92 Å². The number of hydrogen-bond donors (Lipinski definition) is 2. The Morgan fingerprint density at radius 2 is 2.05 bits per heavy atom. The van der Waals surface area contributed by atoms with E-state index in [1.54, 1.807) is 0 Å². The number of aliphatic hydroxyl groups is 1. The maximum Gasteiger partial charge on any atom is 0.0791 e. The molecule has 19 heavy (non-hydrogen) atoms. The molecule has 112 valence electrons. The highest BCUT2D eigenvalue weighted by molar-refractivity contribution is 4.77. The molecule has 0 aromatic carbocycles. The molecule has 0 bridgehead atoms. The van der Waals surface area contributed by atoms with E-state index >= 15 is 0 Å². The Morgan fingerprint density at radius 1 is 1.26 bits per heavy atom. The molecule has 2 atom stereocenters. The second kappa shape index (κ2) is 8.17. The molecule has 5 nitrogen and oxygen atoms in total. The first-order chi connectivity index (χ1) is 9.28. The van der Waals surface area contributed by atoms with Crippen LogP contribution in [0.2, 0.25) is 0 Å². The average molecular weight is 271 g/mol. The van der Waals surface area contributed by atoms with Crippen LogP contribution in [0.25, 0.3) is 0 Å². The van der Waals surface area contributed by atoms with Crippen molar-refractivity contribution in [3.05, 3.63) is 0 Å². The maximum absolute atomic E-state index is 10.0. The van der Waals surface area contributed by atoms with E-state index in [-0.39, 0.29) is 6.10 Å². The molecule has 2 heterocycles. The van der Waals surface area contributed by atoms with Crippen LogP contribution in [0.4, 0.5) is 0 Å². The van der Waals surface area contributed by atoms with Gasteiger partial charge in [0, 0.05) is 32.7 Å². The van der Waals surface area contributed by atoms with Crippen LogP contribution in [-0.4, -0.2) is 86.6 Å². The Morgan fingerprint density at radius 3 is 2.74 bits per heavy atom. The Labute approximate surface area is 116 Å². The molecular weight excluding hydrogens is 242 g/mol. The number of nitrogens with zero attached hydrogens (tertiary/aromatic N) is 2. The van der Waals surface area contributed by atoms with E-state index in [9.17, 15) is 5.11 Å². The lowest BCUT2D eigenvalue weighted by Crippen LogP contribution is -2.44. The predicted octanol–water partition coefficient (Wildman–Crippen LogP) is -0.389. The molecule has 2 saturated heterocycles. The number of β-amino-alcohol motifs (C(OH)–C–C–N with tert-alkyl or cyclic N) is 1. The van der Waals surface area contributed by atoms with E-state index in [4.69, 9.17) is 4.74 Å². The molecule has 2 fully saturated rings. The Kier molecular flexibility index (Phi) is 6.53. The molecule has 2 unspecified atom stereocenters. The monoisotopic (exact) mass is 271 g/mol. The number of likely N-dealkylation sites (tertiary alicyclic amines) is 1. The van der Waals surface area contributed by atoms with E-state index < -0.39 is 0 Å². The third-order valence-corrected chi connectivity index (χ3v) is 4.20. The molecule has 0 aromatic rings. The summed E-state index contributed by atoms with van der Waals surface area (Å²) in [5.74, 6) is 0.760.